The largest absolute Gasteiger partial charge is 0.366 e. The molecule has 8 heteroatoms. The van der Waals surface area contributed by atoms with Gasteiger partial charge < -0.3 is 15.6 Å². The van der Waals surface area contributed by atoms with Crippen LogP contribution < -0.4 is 5.73 Å². The summed E-state index contributed by atoms with van der Waals surface area (Å²) in [6.07, 6.45) is 9.23. The van der Waals surface area contributed by atoms with Gasteiger partial charge in [-0.2, -0.15) is 0 Å². The van der Waals surface area contributed by atoms with Crippen LogP contribution in [-0.4, -0.2) is 67.0 Å². The summed E-state index contributed by atoms with van der Waals surface area (Å²) >= 11 is 0. The van der Waals surface area contributed by atoms with E-state index in [1.54, 1.807) is 4.31 Å². The summed E-state index contributed by atoms with van der Waals surface area (Å²) < 4.78 is 27.8. The number of fused-ring (bicyclic) bond motifs is 1. The third-order valence-corrected chi connectivity index (χ3v) is 10.0. The maximum atomic E-state index is 13.1. The van der Waals surface area contributed by atoms with Gasteiger partial charge in [-0.1, -0.05) is 43.2 Å². The number of rotatable bonds is 8. The maximum Gasteiger partial charge on any atom is 0.250 e. The molecule has 2 fully saturated rings. The van der Waals surface area contributed by atoms with Gasteiger partial charge in [0.05, 0.1) is 16.8 Å². The lowest BCUT2D eigenvalue weighted by Gasteiger charge is -2.31. The SMILES string of the molecule is NC(=O)c1cc(-c2ccccc2)cc2c(C3CCN(S(=O)(=O)CCCN4CCCCCC4)CC3)c[nH]c12. The Morgan fingerprint density at radius 2 is 1.65 bits per heavy atom. The number of carbonyl (C=O) groups is 1. The molecule has 0 bridgehead atoms. The van der Waals surface area contributed by atoms with E-state index in [0.29, 0.717) is 25.1 Å². The van der Waals surface area contributed by atoms with E-state index in [9.17, 15) is 13.2 Å². The second-order valence-electron chi connectivity index (χ2n) is 10.5. The number of piperidine rings is 1. The molecule has 0 saturated carbocycles. The molecule has 0 atom stereocenters. The van der Waals surface area contributed by atoms with Crippen molar-refractivity contribution in [3.05, 3.63) is 59.8 Å². The molecule has 2 saturated heterocycles. The van der Waals surface area contributed by atoms with E-state index in [1.807, 2.05) is 42.6 Å². The summed E-state index contributed by atoms with van der Waals surface area (Å²) in [5, 5.41) is 0.994. The van der Waals surface area contributed by atoms with Crippen LogP contribution in [-0.2, 0) is 10.0 Å². The van der Waals surface area contributed by atoms with Crippen LogP contribution in [0, 0.1) is 0 Å². The highest BCUT2D eigenvalue weighted by atomic mass is 32.2. The molecule has 0 radical (unpaired) electrons. The predicted octanol–water partition coefficient (Wildman–Crippen LogP) is 4.71. The number of nitrogens with one attached hydrogen (secondary N) is 1. The number of nitrogens with two attached hydrogens (primary N) is 1. The van der Waals surface area contributed by atoms with Crippen LogP contribution in [0.15, 0.2) is 48.7 Å². The molecule has 7 nitrogen and oxygen atoms in total. The number of aromatic amines is 1. The zero-order valence-electron chi connectivity index (χ0n) is 21.5. The minimum Gasteiger partial charge on any atom is -0.366 e. The molecule has 3 aromatic rings. The number of H-pyrrole nitrogens is 1. The molecule has 1 amide bonds. The molecule has 198 valence electrons. The molecule has 3 heterocycles. The highest BCUT2D eigenvalue weighted by Gasteiger charge is 2.30. The first-order chi connectivity index (χ1) is 17.9. The van der Waals surface area contributed by atoms with Gasteiger partial charge in [0.2, 0.25) is 10.0 Å². The summed E-state index contributed by atoms with van der Waals surface area (Å²) in [5.41, 5.74) is 10.1. The lowest BCUT2D eigenvalue weighted by atomic mass is 9.88. The molecule has 0 unspecified atom stereocenters. The standard InChI is InChI=1S/C29H38N4O3S/c30-29(34)26-20-24(22-9-4-3-5-10-22)19-25-27(21-31-28(25)26)23-11-16-33(17-12-23)37(35,36)18-8-15-32-13-6-1-2-7-14-32/h3-5,9-10,19-21,23,31H,1-2,6-8,11-18H2,(H2,30,34). The van der Waals surface area contributed by atoms with Crippen molar-refractivity contribution in [1.29, 1.82) is 0 Å². The Bertz CT molecular complexity index is 1320. The lowest BCUT2D eigenvalue weighted by molar-refractivity contribution is 0.100. The average molecular weight is 523 g/mol. The maximum absolute atomic E-state index is 13.1. The van der Waals surface area contributed by atoms with Crippen LogP contribution in [0.2, 0.25) is 0 Å². The van der Waals surface area contributed by atoms with E-state index >= 15 is 0 Å². The molecule has 0 spiro atoms. The Hall–Kier alpha value is -2.68. The number of benzene rings is 2. The van der Waals surface area contributed by atoms with Crippen molar-refractivity contribution in [2.75, 3.05) is 38.5 Å². The van der Waals surface area contributed by atoms with Crippen molar-refractivity contribution < 1.29 is 13.2 Å². The normalized spacial score (nSPS) is 18.7. The summed E-state index contributed by atoms with van der Waals surface area (Å²) in [7, 11) is -3.25. The van der Waals surface area contributed by atoms with Gasteiger partial charge >= 0.3 is 0 Å². The summed E-state index contributed by atoms with van der Waals surface area (Å²) in [5.74, 6) is -0.00904. The monoisotopic (exact) mass is 522 g/mol. The van der Waals surface area contributed by atoms with E-state index in [2.05, 4.69) is 16.0 Å². The van der Waals surface area contributed by atoms with Crippen LogP contribution in [0.4, 0.5) is 0 Å². The lowest BCUT2D eigenvalue weighted by Crippen LogP contribution is -2.39. The molecule has 0 aliphatic carbocycles. The van der Waals surface area contributed by atoms with Gasteiger partial charge in [-0.3, -0.25) is 4.79 Å². The fraction of sp³-hybridized carbons (Fsp3) is 0.483. The number of sulfonamides is 1. The smallest absolute Gasteiger partial charge is 0.250 e. The van der Waals surface area contributed by atoms with Crippen LogP contribution in [0.25, 0.3) is 22.0 Å². The van der Waals surface area contributed by atoms with Crippen molar-refractivity contribution in [2.24, 2.45) is 5.73 Å². The second-order valence-corrected chi connectivity index (χ2v) is 12.6. The Morgan fingerprint density at radius 1 is 0.946 bits per heavy atom. The first-order valence-electron chi connectivity index (χ1n) is 13.6. The van der Waals surface area contributed by atoms with Crippen LogP contribution in [0.5, 0.6) is 0 Å². The van der Waals surface area contributed by atoms with E-state index in [0.717, 1.165) is 60.1 Å². The van der Waals surface area contributed by atoms with Gasteiger partial charge in [0.25, 0.3) is 5.91 Å². The van der Waals surface area contributed by atoms with E-state index in [1.165, 1.54) is 25.7 Å². The molecule has 2 aromatic carbocycles. The Kier molecular flexibility index (Phi) is 7.98. The fourth-order valence-corrected chi connectivity index (χ4v) is 7.51. The molecule has 3 N–H and O–H groups in total. The fourth-order valence-electron chi connectivity index (χ4n) is 5.99. The van der Waals surface area contributed by atoms with Crippen molar-refractivity contribution >= 4 is 26.8 Å². The van der Waals surface area contributed by atoms with Crippen molar-refractivity contribution in [3.8, 4) is 11.1 Å². The number of hydrogen-bond donors (Lipinski definition) is 2. The van der Waals surface area contributed by atoms with E-state index in [4.69, 9.17) is 5.73 Å². The van der Waals surface area contributed by atoms with Gasteiger partial charge in [0, 0.05) is 24.7 Å². The topological polar surface area (TPSA) is 99.5 Å². The van der Waals surface area contributed by atoms with Gasteiger partial charge in [-0.05, 0) is 86.5 Å². The third kappa shape index (κ3) is 5.92. The number of carbonyl (C=O) groups excluding carboxylic acids is 1. The number of aromatic nitrogens is 1. The Labute approximate surface area is 220 Å². The third-order valence-electron chi connectivity index (χ3n) is 8.06. The summed E-state index contributed by atoms with van der Waals surface area (Å²) in [6, 6.07) is 13.9. The molecule has 2 aliphatic heterocycles. The Balaban J connectivity index is 1.27. The second kappa shape index (κ2) is 11.4. The zero-order valence-corrected chi connectivity index (χ0v) is 22.3. The molecule has 1 aromatic heterocycles. The highest BCUT2D eigenvalue weighted by Crippen LogP contribution is 2.37. The number of amides is 1. The van der Waals surface area contributed by atoms with E-state index < -0.39 is 15.9 Å². The average Bonchev–Trinajstić information content (AvgIpc) is 3.16. The molecule has 5 rings (SSSR count). The number of nitrogens with zero attached hydrogens (tertiary/aromatic N) is 2. The molecule has 37 heavy (non-hydrogen) atoms. The number of primary amides is 1. The Morgan fingerprint density at radius 3 is 2.32 bits per heavy atom. The first kappa shape index (κ1) is 25.9. The van der Waals surface area contributed by atoms with Crippen LogP contribution in [0.1, 0.15) is 66.8 Å². The molecular formula is C29H38N4O3S. The van der Waals surface area contributed by atoms with Gasteiger partial charge in [-0.15, -0.1) is 0 Å². The minimum absolute atomic E-state index is 0.226. The minimum atomic E-state index is -3.25. The van der Waals surface area contributed by atoms with Gasteiger partial charge in [0.1, 0.15) is 0 Å². The van der Waals surface area contributed by atoms with Gasteiger partial charge in [0.15, 0.2) is 0 Å². The highest BCUT2D eigenvalue weighted by molar-refractivity contribution is 7.89. The first-order valence-corrected chi connectivity index (χ1v) is 15.2. The number of hydrogen-bond acceptors (Lipinski definition) is 4. The quantitative estimate of drug-likeness (QED) is 0.448. The predicted molar refractivity (Wildman–Crippen MR) is 149 cm³/mol. The zero-order chi connectivity index (χ0) is 25.8. The van der Waals surface area contributed by atoms with Gasteiger partial charge in [-0.25, -0.2) is 12.7 Å². The van der Waals surface area contributed by atoms with E-state index in [-0.39, 0.29) is 11.7 Å². The van der Waals surface area contributed by atoms with Crippen LogP contribution in [0.3, 0.4) is 0 Å². The van der Waals surface area contributed by atoms with Crippen molar-refractivity contribution in [3.63, 3.8) is 0 Å². The summed E-state index contributed by atoms with van der Waals surface area (Å²) in [4.78, 5) is 18.0. The molecular weight excluding hydrogens is 484 g/mol. The summed E-state index contributed by atoms with van der Waals surface area (Å²) in [6.45, 7) is 4.13. The van der Waals surface area contributed by atoms with Crippen molar-refractivity contribution in [1.82, 2.24) is 14.2 Å². The van der Waals surface area contributed by atoms with Crippen molar-refractivity contribution in [2.45, 2.75) is 50.9 Å². The van der Waals surface area contributed by atoms with Crippen LogP contribution >= 0.6 is 0 Å². The number of likely N-dealkylation sites (tertiary alicyclic amines) is 1. The molecule has 2 aliphatic rings.